The number of anilines is 2. The van der Waals surface area contributed by atoms with Gasteiger partial charge in [0.15, 0.2) is 11.5 Å². The van der Waals surface area contributed by atoms with Crippen LogP contribution < -0.4 is 14.8 Å². The number of likely N-dealkylation sites (tertiary alicyclic amines) is 1. The smallest absolute Gasteiger partial charge is 0.410 e. The summed E-state index contributed by atoms with van der Waals surface area (Å²) in [5.74, 6) is 4.47. The van der Waals surface area contributed by atoms with Gasteiger partial charge in [-0.25, -0.2) is 14.8 Å². The Morgan fingerprint density at radius 1 is 1.14 bits per heavy atom. The number of hydrogen-bond acceptors (Lipinski definition) is 7. The first-order chi connectivity index (χ1) is 16.8. The molecule has 1 aromatic heterocycles. The van der Waals surface area contributed by atoms with E-state index in [-0.39, 0.29) is 12.2 Å². The summed E-state index contributed by atoms with van der Waals surface area (Å²) in [6.07, 6.45) is 8.06. The molecule has 0 aliphatic carbocycles. The fourth-order valence-corrected chi connectivity index (χ4v) is 3.90. The van der Waals surface area contributed by atoms with E-state index in [0.29, 0.717) is 43.2 Å². The van der Waals surface area contributed by atoms with E-state index < -0.39 is 5.60 Å². The molecule has 0 bridgehead atoms. The Morgan fingerprint density at radius 3 is 2.60 bits per heavy atom. The maximum atomic E-state index is 12.4. The van der Waals surface area contributed by atoms with Crippen LogP contribution in [-0.2, 0) is 4.74 Å². The lowest BCUT2D eigenvalue weighted by Crippen LogP contribution is -2.44. The minimum atomic E-state index is -0.515. The molecule has 4 rings (SSSR count). The molecule has 1 aliphatic heterocycles. The van der Waals surface area contributed by atoms with Crippen LogP contribution in [0.15, 0.2) is 42.7 Å². The van der Waals surface area contributed by atoms with E-state index in [2.05, 4.69) is 21.2 Å². The molecule has 0 radical (unpaired) electrons. The van der Waals surface area contributed by atoms with Gasteiger partial charge in [0.1, 0.15) is 23.9 Å². The van der Waals surface area contributed by atoms with Crippen molar-refractivity contribution in [3.05, 3.63) is 48.3 Å². The van der Waals surface area contributed by atoms with E-state index in [4.69, 9.17) is 20.6 Å². The second-order valence-corrected chi connectivity index (χ2v) is 9.38. The number of amides is 1. The van der Waals surface area contributed by atoms with Crippen LogP contribution in [0.3, 0.4) is 0 Å². The number of ether oxygens (including phenoxy) is 3. The summed E-state index contributed by atoms with van der Waals surface area (Å²) in [5.41, 5.74) is 1.81. The van der Waals surface area contributed by atoms with Crippen molar-refractivity contribution in [2.24, 2.45) is 0 Å². The van der Waals surface area contributed by atoms with Gasteiger partial charge in [-0.3, -0.25) is 0 Å². The summed E-state index contributed by atoms with van der Waals surface area (Å²) >= 11 is 0. The highest BCUT2D eigenvalue weighted by atomic mass is 16.6. The first-order valence-electron chi connectivity index (χ1n) is 11.6. The number of fused-ring (bicyclic) bond motifs is 1. The second-order valence-electron chi connectivity index (χ2n) is 9.38. The van der Waals surface area contributed by atoms with Gasteiger partial charge in [-0.2, -0.15) is 0 Å². The van der Waals surface area contributed by atoms with Crippen molar-refractivity contribution < 1.29 is 19.0 Å². The molecular weight excluding hydrogens is 444 g/mol. The Balaban J connectivity index is 1.52. The van der Waals surface area contributed by atoms with Crippen LogP contribution in [0, 0.1) is 12.3 Å². The van der Waals surface area contributed by atoms with E-state index in [0.717, 1.165) is 22.2 Å². The Labute approximate surface area is 205 Å². The molecule has 1 aliphatic rings. The van der Waals surface area contributed by atoms with Crippen molar-refractivity contribution >= 4 is 28.5 Å². The Morgan fingerprint density at radius 2 is 1.91 bits per heavy atom. The number of carbonyl (C=O) groups excluding carboxylic acids is 1. The summed E-state index contributed by atoms with van der Waals surface area (Å²) in [6.45, 7) is 6.73. The molecule has 35 heavy (non-hydrogen) atoms. The highest BCUT2D eigenvalue weighted by molar-refractivity contribution is 5.93. The van der Waals surface area contributed by atoms with Gasteiger partial charge >= 0.3 is 6.09 Å². The van der Waals surface area contributed by atoms with Crippen LogP contribution in [0.2, 0.25) is 0 Å². The fourth-order valence-electron chi connectivity index (χ4n) is 3.90. The van der Waals surface area contributed by atoms with Crippen LogP contribution in [0.1, 0.15) is 39.2 Å². The average molecular weight is 475 g/mol. The van der Waals surface area contributed by atoms with Gasteiger partial charge in [0, 0.05) is 48.6 Å². The number of carbonyl (C=O) groups is 1. The third kappa shape index (κ3) is 5.93. The second kappa shape index (κ2) is 10.1. The van der Waals surface area contributed by atoms with Gasteiger partial charge in [-0.1, -0.05) is 12.0 Å². The Hall–Kier alpha value is -3.99. The van der Waals surface area contributed by atoms with E-state index in [1.165, 1.54) is 6.33 Å². The number of methoxy groups -OCH3 is 1. The largest absolute Gasteiger partial charge is 0.493 e. The number of piperidine rings is 1. The molecule has 8 nitrogen and oxygen atoms in total. The molecule has 0 atom stereocenters. The van der Waals surface area contributed by atoms with Crippen LogP contribution in [0.4, 0.5) is 16.3 Å². The van der Waals surface area contributed by atoms with Gasteiger partial charge < -0.3 is 24.4 Å². The summed E-state index contributed by atoms with van der Waals surface area (Å²) in [7, 11) is 1.60. The van der Waals surface area contributed by atoms with Crippen molar-refractivity contribution in [3.63, 3.8) is 0 Å². The first-order valence-corrected chi connectivity index (χ1v) is 11.6. The zero-order valence-electron chi connectivity index (χ0n) is 20.5. The molecule has 1 N–H and O–H groups in total. The topological polar surface area (TPSA) is 85.8 Å². The van der Waals surface area contributed by atoms with Crippen LogP contribution in [0.25, 0.3) is 10.9 Å². The highest BCUT2D eigenvalue weighted by Gasteiger charge is 2.28. The van der Waals surface area contributed by atoms with Gasteiger partial charge in [0.25, 0.3) is 0 Å². The fraction of sp³-hybridized carbons (Fsp3) is 0.370. The first kappa shape index (κ1) is 24.1. The normalized spacial score (nSPS) is 14.3. The van der Waals surface area contributed by atoms with Crippen LogP contribution in [-0.4, -0.2) is 52.9 Å². The summed E-state index contributed by atoms with van der Waals surface area (Å²) in [5, 5.41) is 4.12. The number of benzene rings is 2. The molecular formula is C27H30N4O4. The number of aromatic nitrogens is 2. The zero-order chi connectivity index (χ0) is 25.0. The quantitative estimate of drug-likeness (QED) is 0.512. The lowest BCUT2D eigenvalue weighted by Gasteiger charge is -2.33. The molecule has 3 aromatic rings. The predicted octanol–water partition coefficient (Wildman–Crippen LogP) is 5.14. The van der Waals surface area contributed by atoms with Gasteiger partial charge in [-0.05, 0) is 45.0 Å². The molecule has 182 valence electrons. The Bertz CT molecular complexity index is 1250. The lowest BCUT2D eigenvalue weighted by atomic mass is 10.1. The van der Waals surface area contributed by atoms with Crippen molar-refractivity contribution in [2.45, 2.75) is 45.3 Å². The van der Waals surface area contributed by atoms with E-state index in [1.807, 2.05) is 57.2 Å². The van der Waals surface area contributed by atoms with Crippen molar-refractivity contribution in [3.8, 4) is 23.8 Å². The monoisotopic (exact) mass is 474 g/mol. The third-order valence-electron chi connectivity index (χ3n) is 5.60. The number of nitrogens with one attached hydrogen (secondary N) is 1. The van der Waals surface area contributed by atoms with Crippen molar-refractivity contribution in [1.29, 1.82) is 0 Å². The molecule has 0 saturated carbocycles. The van der Waals surface area contributed by atoms with Gasteiger partial charge in [-0.15, -0.1) is 6.42 Å². The summed E-state index contributed by atoms with van der Waals surface area (Å²) in [6, 6.07) is 11.3. The minimum Gasteiger partial charge on any atom is -0.493 e. The molecule has 1 fully saturated rings. The van der Waals surface area contributed by atoms with Gasteiger partial charge in [0.05, 0.1) is 12.6 Å². The summed E-state index contributed by atoms with van der Waals surface area (Å²) < 4.78 is 17.4. The SMILES string of the molecule is C#Cc1cccc(Nc2ncnc3cc(OC)c(OC4CCN(C(=O)OC(C)(C)C)CC4)cc23)c1. The van der Waals surface area contributed by atoms with E-state index in [9.17, 15) is 4.79 Å². The minimum absolute atomic E-state index is 0.0617. The van der Waals surface area contributed by atoms with Crippen molar-refractivity contribution in [2.75, 3.05) is 25.5 Å². The molecule has 8 heteroatoms. The predicted molar refractivity (Wildman–Crippen MR) is 135 cm³/mol. The number of hydrogen-bond donors (Lipinski definition) is 1. The third-order valence-corrected chi connectivity index (χ3v) is 5.60. The van der Waals surface area contributed by atoms with Crippen LogP contribution in [0.5, 0.6) is 11.5 Å². The van der Waals surface area contributed by atoms with E-state index >= 15 is 0 Å². The molecule has 2 aromatic carbocycles. The average Bonchev–Trinajstić information content (AvgIpc) is 2.83. The highest BCUT2D eigenvalue weighted by Crippen LogP contribution is 2.36. The number of terminal acetylenes is 1. The standard InChI is InChI=1S/C27H30N4O4/c1-6-18-8-7-9-19(14-18)30-25-21-15-24(23(33-5)16-22(21)28-17-29-25)34-20-10-12-31(13-11-20)26(32)35-27(2,3)4/h1,7-9,14-17,20H,10-13H2,2-5H3,(H,28,29,30). The number of nitrogens with zero attached hydrogens (tertiary/aromatic N) is 3. The molecule has 1 amide bonds. The maximum Gasteiger partial charge on any atom is 0.410 e. The van der Waals surface area contributed by atoms with Gasteiger partial charge in [0.2, 0.25) is 0 Å². The lowest BCUT2D eigenvalue weighted by molar-refractivity contribution is 0.0124. The number of rotatable bonds is 5. The van der Waals surface area contributed by atoms with E-state index in [1.54, 1.807) is 12.0 Å². The zero-order valence-corrected chi connectivity index (χ0v) is 20.5. The Kier molecular flexibility index (Phi) is 6.97. The van der Waals surface area contributed by atoms with Crippen molar-refractivity contribution in [1.82, 2.24) is 14.9 Å². The molecule has 0 spiro atoms. The van der Waals surface area contributed by atoms with Crippen LogP contribution >= 0.6 is 0 Å². The maximum absolute atomic E-state index is 12.4. The molecule has 0 unspecified atom stereocenters. The molecule has 2 heterocycles. The summed E-state index contributed by atoms with van der Waals surface area (Å²) in [4.78, 5) is 22.9. The molecule has 1 saturated heterocycles.